The van der Waals surface area contributed by atoms with E-state index < -0.39 is 0 Å². The van der Waals surface area contributed by atoms with Gasteiger partial charge in [0.1, 0.15) is 0 Å². The first-order valence-corrected chi connectivity index (χ1v) is 6.03. The van der Waals surface area contributed by atoms with Crippen molar-refractivity contribution in [2.75, 3.05) is 18.1 Å². The first-order chi connectivity index (χ1) is 6.01. The average molecular weight is 204 g/mol. The summed E-state index contributed by atoms with van der Waals surface area (Å²) in [5.41, 5.74) is -0.294. The third kappa shape index (κ3) is 2.20. The molecule has 0 aromatic heterocycles. The Morgan fingerprint density at radius 3 is 2.62 bits per heavy atom. The molecular weight excluding hydrogens is 184 g/mol. The van der Waals surface area contributed by atoms with Gasteiger partial charge in [0.2, 0.25) is 0 Å². The summed E-state index contributed by atoms with van der Waals surface area (Å²) in [5, 5.41) is 19.3. The lowest BCUT2D eigenvalue weighted by atomic mass is 9.76. The first-order valence-electron chi connectivity index (χ1n) is 4.88. The Labute approximate surface area is 84.7 Å². The van der Waals surface area contributed by atoms with Crippen molar-refractivity contribution in [1.82, 2.24) is 0 Å². The lowest BCUT2D eigenvalue weighted by Gasteiger charge is -2.43. The molecule has 0 bridgehead atoms. The van der Waals surface area contributed by atoms with Crippen LogP contribution in [0.5, 0.6) is 0 Å². The fourth-order valence-electron chi connectivity index (χ4n) is 1.82. The summed E-state index contributed by atoms with van der Waals surface area (Å²) < 4.78 is 0. The van der Waals surface area contributed by atoms with E-state index in [9.17, 15) is 10.2 Å². The maximum Gasteiger partial charge on any atom is 0.0662 e. The van der Waals surface area contributed by atoms with Crippen LogP contribution >= 0.6 is 11.8 Å². The molecule has 0 aliphatic carbocycles. The number of thioether (sulfide) groups is 1. The van der Waals surface area contributed by atoms with Crippen LogP contribution in [0.2, 0.25) is 0 Å². The third-order valence-corrected chi connectivity index (χ3v) is 4.56. The largest absolute Gasteiger partial charge is 0.396 e. The molecule has 1 rings (SSSR count). The third-order valence-electron chi connectivity index (χ3n) is 3.08. The zero-order valence-electron chi connectivity index (χ0n) is 8.66. The van der Waals surface area contributed by atoms with E-state index in [1.807, 2.05) is 18.7 Å². The molecule has 78 valence electrons. The average Bonchev–Trinajstić information content (AvgIpc) is 2.09. The summed E-state index contributed by atoms with van der Waals surface area (Å²) >= 11 is 1.85. The van der Waals surface area contributed by atoms with Crippen molar-refractivity contribution in [2.45, 2.75) is 26.9 Å². The van der Waals surface area contributed by atoms with Gasteiger partial charge in [0.05, 0.1) is 12.7 Å². The fraction of sp³-hybridized carbons (Fsp3) is 1.00. The summed E-state index contributed by atoms with van der Waals surface area (Å²) in [6.07, 6.45) is -0.348. The second-order valence-corrected chi connectivity index (χ2v) is 5.71. The van der Waals surface area contributed by atoms with Gasteiger partial charge in [-0.3, -0.25) is 0 Å². The van der Waals surface area contributed by atoms with Crippen molar-refractivity contribution >= 4 is 11.8 Å². The maximum absolute atomic E-state index is 10.1. The van der Waals surface area contributed by atoms with Crippen molar-refractivity contribution < 1.29 is 10.2 Å². The molecule has 0 saturated carbocycles. The van der Waals surface area contributed by atoms with Gasteiger partial charge in [0.25, 0.3) is 0 Å². The summed E-state index contributed by atoms with van der Waals surface area (Å²) in [6, 6.07) is 0. The molecule has 1 heterocycles. The molecule has 2 N–H and O–H groups in total. The second kappa shape index (κ2) is 4.20. The predicted molar refractivity (Wildman–Crippen MR) is 56.9 cm³/mol. The number of rotatable bonds is 2. The standard InChI is InChI=1S/C10H20O2S/c1-7(2)8-4-13-6-10(3,5-11)9(8)12/h7-9,11-12H,4-6H2,1-3H3. The molecule has 1 fully saturated rings. The molecule has 0 radical (unpaired) electrons. The lowest BCUT2D eigenvalue weighted by molar-refractivity contribution is -0.0370. The van der Waals surface area contributed by atoms with Gasteiger partial charge >= 0.3 is 0 Å². The van der Waals surface area contributed by atoms with Gasteiger partial charge in [-0.2, -0.15) is 11.8 Å². The van der Waals surface area contributed by atoms with Gasteiger partial charge in [0.15, 0.2) is 0 Å². The Morgan fingerprint density at radius 2 is 2.15 bits per heavy atom. The quantitative estimate of drug-likeness (QED) is 0.713. The Morgan fingerprint density at radius 1 is 1.54 bits per heavy atom. The molecule has 3 heteroatoms. The lowest BCUT2D eigenvalue weighted by Crippen LogP contribution is -2.48. The Balaban J connectivity index is 2.71. The molecule has 3 atom stereocenters. The van der Waals surface area contributed by atoms with Crippen molar-refractivity contribution in [3.8, 4) is 0 Å². The van der Waals surface area contributed by atoms with Crippen LogP contribution in [0.15, 0.2) is 0 Å². The summed E-state index contributed by atoms with van der Waals surface area (Å²) in [4.78, 5) is 0. The van der Waals surface area contributed by atoms with E-state index in [1.165, 1.54) is 0 Å². The van der Waals surface area contributed by atoms with Crippen LogP contribution in [0.1, 0.15) is 20.8 Å². The maximum atomic E-state index is 10.1. The van der Waals surface area contributed by atoms with E-state index in [0.717, 1.165) is 11.5 Å². The fourth-order valence-corrected chi connectivity index (χ4v) is 3.50. The minimum absolute atomic E-state index is 0.0877. The number of hydrogen-bond donors (Lipinski definition) is 2. The van der Waals surface area contributed by atoms with Crippen LogP contribution in [0, 0.1) is 17.3 Å². The van der Waals surface area contributed by atoms with Crippen LogP contribution in [0.3, 0.4) is 0 Å². The molecule has 1 aliphatic heterocycles. The van der Waals surface area contributed by atoms with E-state index in [0.29, 0.717) is 11.8 Å². The number of aliphatic hydroxyl groups excluding tert-OH is 2. The molecule has 1 saturated heterocycles. The van der Waals surface area contributed by atoms with E-state index in [2.05, 4.69) is 13.8 Å². The summed E-state index contributed by atoms with van der Waals surface area (Å²) in [6.45, 7) is 6.33. The van der Waals surface area contributed by atoms with Gasteiger partial charge in [-0.15, -0.1) is 0 Å². The smallest absolute Gasteiger partial charge is 0.0662 e. The van der Waals surface area contributed by atoms with Crippen LogP contribution in [0.25, 0.3) is 0 Å². The van der Waals surface area contributed by atoms with Crippen LogP contribution < -0.4 is 0 Å². The molecule has 0 amide bonds. The highest BCUT2D eigenvalue weighted by Crippen LogP contribution is 2.40. The van der Waals surface area contributed by atoms with Crippen LogP contribution in [0.4, 0.5) is 0 Å². The molecule has 13 heavy (non-hydrogen) atoms. The molecule has 1 aliphatic rings. The van der Waals surface area contributed by atoms with Gasteiger partial charge in [-0.1, -0.05) is 20.8 Å². The summed E-state index contributed by atoms with van der Waals surface area (Å²) in [7, 11) is 0. The van der Waals surface area contributed by atoms with Crippen molar-refractivity contribution in [1.29, 1.82) is 0 Å². The minimum Gasteiger partial charge on any atom is -0.396 e. The van der Waals surface area contributed by atoms with Gasteiger partial charge in [-0.05, 0) is 17.6 Å². The Hall–Kier alpha value is 0.270. The molecule has 0 spiro atoms. The number of aliphatic hydroxyl groups is 2. The highest BCUT2D eigenvalue weighted by molar-refractivity contribution is 7.99. The van der Waals surface area contributed by atoms with Gasteiger partial charge in [0, 0.05) is 11.2 Å². The predicted octanol–water partition coefficient (Wildman–Crippen LogP) is 1.36. The van der Waals surface area contributed by atoms with Crippen molar-refractivity contribution in [3.05, 3.63) is 0 Å². The van der Waals surface area contributed by atoms with Gasteiger partial charge in [-0.25, -0.2) is 0 Å². The molecule has 0 aromatic rings. The van der Waals surface area contributed by atoms with Crippen molar-refractivity contribution in [2.24, 2.45) is 17.3 Å². The highest BCUT2D eigenvalue weighted by Gasteiger charge is 2.42. The first kappa shape index (κ1) is 11.3. The van der Waals surface area contributed by atoms with E-state index >= 15 is 0 Å². The molecule has 3 unspecified atom stereocenters. The van der Waals surface area contributed by atoms with E-state index in [-0.39, 0.29) is 18.1 Å². The van der Waals surface area contributed by atoms with Gasteiger partial charge < -0.3 is 10.2 Å². The zero-order chi connectivity index (χ0) is 10.1. The normalized spacial score (nSPS) is 41.1. The van der Waals surface area contributed by atoms with E-state index in [4.69, 9.17) is 0 Å². The monoisotopic (exact) mass is 204 g/mol. The molecular formula is C10H20O2S. The molecule has 0 aromatic carbocycles. The number of hydrogen-bond acceptors (Lipinski definition) is 3. The zero-order valence-corrected chi connectivity index (χ0v) is 9.47. The van der Waals surface area contributed by atoms with Crippen LogP contribution in [-0.2, 0) is 0 Å². The van der Waals surface area contributed by atoms with Crippen LogP contribution in [-0.4, -0.2) is 34.4 Å². The Bertz CT molecular complexity index is 172. The second-order valence-electron chi connectivity index (χ2n) is 4.68. The van der Waals surface area contributed by atoms with E-state index in [1.54, 1.807) is 0 Å². The topological polar surface area (TPSA) is 40.5 Å². The molecule has 2 nitrogen and oxygen atoms in total. The minimum atomic E-state index is -0.348. The summed E-state index contributed by atoms with van der Waals surface area (Å²) in [5.74, 6) is 2.71. The SMILES string of the molecule is CC(C)C1CSCC(C)(CO)C1O. The van der Waals surface area contributed by atoms with Crippen molar-refractivity contribution in [3.63, 3.8) is 0 Å². The Kier molecular flexibility index (Phi) is 3.66. The highest BCUT2D eigenvalue weighted by atomic mass is 32.2.